The molecule has 0 N–H and O–H groups in total. The molecule has 2 aromatic carbocycles. The third kappa shape index (κ3) is 3.56. The highest BCUT2D eigenvalue weighted by Crippen LogP contribution is 2.72. The number of rotatable bonds is 2. The summed E-state index contributed by atoms with van der Waals surface area (Å²) in [4.78, 5) is 28.1. The molecule has 4 atom stereocenters. The van der Waals surface area contributed by atoms with Gasteiger partial charge < -0.3 is 14.2 Å². The Kier molecular flexibility index (Phi) is 5.23. The maximum atomic E-state index is 13.8. The molecule has 6 nitrogen and oxygen atoms in total. The quantitative estimate of drug-likeness (QED) is 0.244. The zero-order valence-corrected chi connectivity index (χ0v) is 21.0. The zero-order chi connectivity index (χ0) is 25.8. The number of nitrogens with zero attached hydrogens (tertiary/aromatic N) is 1. The van der Waals surface area contributed by atoms with Crippen LogP contribution in [-0.4, -0.2) is 23.7 Å². The summed E-state index contributed by atoms with van der Waals surface area (Å²) in [5.41, 5.74) is -0.652. The fraction of sp³-hybridized carbons (Fsp3) is 0.355. The second-order valence-electron chi connectivity index (χ2n) is 10.9. The Morgan fingerprint density at radius 2 is 1.76 bits per heavy atom. The van der Waals surface area contributed by atoms with Crippen molar-refractivity contribution >= 4 is 17.7 Å². The second kappa shape index (κ2) is 8.26. The van der Waals surface area contributed by atoms with Gasteiger partial charge in [-0.25, -0.2) is 4.79 Å². The molecule has 4 aliphatic rings. The highest BCUT2D eigenvalue weighted by molar-refractivity contribution is 5.95. The van der Waals surface area contributed by atoms with Gasteiger partial charge in [-0.15, -0.1) is 0 Å². The van der Waals surface area contributed by atoms with Gasteiger partial charge in [0.15, 0.2) is 0 Å². The van der Waals surface area contributed by atoms with Gasteiger partial charge in [0.2, 0.25) is 0 Å². The first-order chi connectivity index (χ1) is 17.8. The van der Waals surface area contributed by atoms with Gasteiger partial charge >= 0.3 is 12.1 Å². The second-order valence-corrected chi connectivity index (χ2v) is 10.9. The van der Waals surface area contributed by atoms with Crippen LogP contribution in [0.5, 0.6) is 11.5 Å². The van der Waals surface area contributed by atoms with E-state index >= 15 is 0 Å². The predicted molar refractivity (Wildman–Crippen MR) is 138 cm³/mol. The molecule has 6 rings (SSSR count). The van der Waals surface area contributed by atoms with E-state index in [4.69, 9.17) is 14.2 Å². The van der Waals surface area contributed by atoms with E-state index in [1.807, 2.05) is 24.3 Å². The molecule has 1 saturated carbocycles. The number of fused-ring (bicyclic) bond motifs is 1. The van der Waals surface area contributed by atoms with Crippen LogP contribution >= 0.6 is 0 Å². The minimum atomic E-state index is -0.686. The van der Waals surface area contributed by atoms with Crippen molar-refractivity contribution in [3.8, 4) is 35.2 Å². The van der Waals surface area contributed by atoms with Crippen LogP contribution in [0.3, 0.4) is 0 Å². The SMILES string of the molecule is CC(C)(C)C(=O)Oc1ccc2c(c1)N(C(=O)Oc1ccccc1)[C@H]1C#C/C=C\C#C[C@@H]3CCC[C@]14O[C@@]234. The van der Waals surface area contributed by atoms with Crippen LogP contribution < -0.4 is 14.4 Å². The summed E-state index contributed by atoms with van der Waals surface area (Å²) < 4.78 is 18.2. The summed E-state index contributed by atoms with van der Waals surface area (Å²) in [5.74, 6) is 13.2. The molecule has 6 heteroatoms. The standard InChI is InChI=1S/C31H27NO5/c1-29(2,3)27(33)35-23-17-18-24-25(20-23)32(28(34)36-22-14-8-6-9-15-22)26-16-10-5-4-7-12-21-13-11-19-30(26)31(21,24)37-30/h4-6,8-9,14-15,17-18,20-21,26H,11,13,19H2,1-3H3/b5-4-/t21-,26+,30+,31-/m1/s1. The number of hydrogen-bond acceptors (Lipinski definition) is 5. The van der Waals surface area contributed by atoms with Crippen molar-refractivity contribution in [2.24, 2.45) is 11.3 Å². The first kappa shape index (κ1) is 23.4. The first-order valence-corrected chi connectivity index (χ1v) is 12.6. The molecule has 37 heavy (non-hydrogen) atoms. The summed E-state index contributed by atoms with van der Waals surface area (Å²) in [5, 5.41) is 0. The summed E-state index contributed by atoms with van der Waals surface area (Å²) in [6.07, 6.45) is 5.43. The highest BCUT2D eigenvalue weighted by Gasteiger charge is 2.81. The lowest BCUT2D eigenvalue weighted by molar-refractivity contribution is -0.142. The van der Waals surface area contributed by atoms with Gasteiger partial charge in [0.25, 0.3) is 0 Å². The number of esters is 1. The number of amides is 1. The topological polar surface area (TPSA) is 68.4 Å². The van der Waals surface area contributed by atoms with Crippen LogP contribution in [0.15, 0.2) is 60.7 Å². The van der Waals surface area contributed by atoms with Crippen LogP contribution in [0.2, 0.25) is 0 Å². The van der Waals surface area contributed by atoms with E-state index in [0.29, 0.717) is 17.2 Å². The van der Waals surface area contributed by atoms with E-state index in [0.717, 1.165) is 24.8 Å². The Bertz CT molecular complexity index is 1450. The Morgan fingerprint density at radius 3 is 2.51 bits per heavy atom. The molecular weight excluding hydrogens is 466 g/mol. The number of ether oxygens (including phenoxy) is 3. The molecule has 0 unspecified atom stereocenters. The zero-order valence-electron chi connectivity index (χ0n) is 21.0. The molecule has 0 radical (unpaired) electrons. The maximum absolute atomic E-state index is 13.8. The molecule has 2 fully saturated rings. The van der Waals surface area contributed by atoms with Gasteiger partial charge in [0, 0.05) is 11.6 Å². The molecule has 4 bridgehead atoms. The lowest BCUT2D eigenvalue weighted by atomic mass is 9.64. The summed E-state index contributed by atoms with van der Waals surface area (Å²) in [6.45, 7) is 5.39. The lowest BCUT2D eigenvalue weighted by Crippen LogP contribution is -2.57. The van der Waals surface area contributed by atoms with Crippen molar-refractivity contribution in [2.75, 3.05) is 4.90 Å². The van der Waals surface area contributed by atoms with Gasteiger partial charge in [-0.1, -0.05) is 47.9 Å². The Hall–Kier alpha value is -4.00. The van der Waals surface area contributed by atoms with Crippen LogP contribution in [0.1, 0.15) is 45.6 Å². The van der Waals surface area contributed by atoms with Crippen molar-refractivity contribution in [1.82, 2.24) is 0 Å². The van der Waals surface area contributed by atoms with E-state index in [1.165, 1.54) is 0 Å². The van der Waals surface area contributed by atoms with Crippen molar-refractivity contribution in [3.63, 3.8) is 0 Å². The van der Waals surface area contributed by atoms with E-state index < -0.39 is 28.8 Å². The minimum Gasteiger partial charge on any atom is -0.426 e. The predicted octanol–water partition coefficient (Wildman–Crippen LogP) is 5.37. The molecule has 2 aliphatic carbocycles. The smallest absolute Gasteiger partial charge is 0.420 e. The van der Waals surface area contributed by atoms with Gasteiger partial charge in [0.1, 0.15) is 28.7 Å². The van der Waals surface area contributed by atoms with Crippen molar-refractivity contribution < 1.29 is 23.8 Å². The normalized spacial score (nSPS) is 29.1. The molecule has 1 saturated heterocycles. The molecular formula is C31H27NO5. The van der Waals surface area contributed by atoms with E-state index in [1.54, 1.807) is 62.1 Å². The van der Waals surface area contributed by atoms with Crippen LogP contribution in [0.4, 0.5) is 10.5 Å². The summed E-state index contributed by atoms with van der Waals surface area (Å²) in [6, 6.07) is 13.7. The number of para-hydroxylation sites is 1. The van der Waals surface area contributed by atoms with Crippen molar-refractivity contribution in [2.45, 2.75) is 57.3 Å². The van der Waals surface area contributed by atoms with Gasteiger partial charge in [-0.3, -0.25) is 9.69 Å². The molecule has 2 aromatic rings. The highest BCUT2D eigenvalue weighted by atomic mass is 16.6. The summed E-state index contributed by atoms with van der Waals surface area (Å²) >= 11 is 0. The fourth-order valence-electron chi connectivity index (χ4n) is 5.76. The summed E-state index contributed by atoms with van der Waals surface area (Å²) in [7, 11) is 0. The van der Waals surface area contributed by atoms with Crippen LogP contribution in [-0.2, 0) is 15.1 Å². The monoisotopic (exact) mass is 493 g/mol. The Balaban J connectivity index is 1.52. The largest absolute Gasteiger partial charge is 0.426 e. The number of benzene rings is 2. The number of carbonyl (C=O) groups is 2. The van der Waals surface area contributed by atoms with Crippen molar-refractivity contribution in [3.05, 3.63) is 66.2 Å². The third-order valence-electron chi connectivity index (χ3n) is 7.49. The molecule has 0 spiro atoms. The number of carbonyl (C=O) groups excluding carboxylic acids is 2. The maximum Gasteiger partial charge on any atom is 0.420 e. The van der Waals surface area contributed by atoms with E-state index in [-0.39, 0.29) is 11.9 Å². The molecule has 2 heterocycles. The van der Waals surface area contributed by atoms with E-state index in [9.17, 15) is 9.59 Å². The number of epoxide rings is 1. The number of allylic oxidation sites excluding steroid dienone is 2. The Labute approximate surface area is 216 Å². The molecule has 0 aromatic heterocycles. The number of hydrogen-bond donors (Lipinski definition) is 0. The minimum absolute atomic E-state index is 0.0534. The van der Waals surface area contributed by atoms with Gasteiger partial charge in [-0.05, 0) is 70.4 Å². The molecule has 2 aliphatic heterocycles. The molecule has 186 valence electrons. The number of anilines is 1. The van der Waals surface area contributed by atoms with Gasteiger partial charge in [0.05, 0.1) is 17.0 Å². The molecule has 1 amide bonds. The first-order valence-electron chi connectivity index (χ1n) is 12.6. The Morgan fingerprint density at radius 1 is 1.00 bits per heavy atom. The third-order valence-corrected chi connectivity index (χ3v) is 7.49. The van der Waals surface area contributed by atoms with E-state index in [2.05, 4.69) is 23.7 Å². The fourth-order valence-corrected chi connectivity index (χ4v) is 5.76. The van der Waals surface area contributed by atoms with Crippen molar-refractivity contribution in [1.29, 1.82) is 0 Å². The average molecular weight is 494 g/mol. The lowest BCUT2D eigenvalue weighted by Gasteiger charge is -2.43. The van der Waals surface area contributed by atoms with Gasteiger partial charge in [-0.2, -0.15) is 0 Å². The van der Waals surface area contributed by atoms with Crippen LogP contribution in [0.25, 0.3) is 0 Å². The van der Waals surface area contributed by atoms with Crippen LogP contribution in [0, 0.1) is 35.0 Å². The average Bonchev–Trinajstić information content (AvgIpc) is 3.58.